The van der Waals surface area contributed by atoms with Crippen LogP contribution in [0.1, 0.15) is 37.0 Å². The summed E-state index contributed by atoms with van der Waals surface area (Å²) in [6, 6.07) is 5.96. The predicted octanol–water partition coefficient (Wildman–Crippen LogP) is 3.73. The molecule has 0 spiro atoms. The first-order chi connectivity index (χ1) is 6.72. The molecule has 0 saturated carbocycles. The van der Waals surface area contributed by atoms with Crippen LogP contribution in [0.3, 0.4) is 0 Å². The predicted molar refractivity (Wildman–Crippen MR) is 59.5 cm³/mol. The summed E-state index contributed by atoms with van der Waals surface area (Å²) in [5, 5.41) is 9.41. The summed E-state index contributed by atoms with van der Waals surface area (Å²) in [5.41, 5.74) is 3.11. The van der Waals surface area contributed by atoms with Crippen LogP contribution in [0.15, 0.2) is 12.1 Å². The fourth-order valence-corrected chi connectivity index (χ4v) is 1.80. The van der Waals surface area contributed by atoms with Crippen LogP contribution in [0, 0.1) is 11.3 Å². The Morgan fingerprint density at radius 2 is 2.00 bits per heavy atom. The van der Waals surface area contributed by atoms with Crippen LogP contribution < -0.4 is 0 Å². The number of halogens is 1. The molecule has 0 aliphatic carbocycles. The average Bonchev–Trinajstić information content (AvgIpc) is 2.20. The summed E-state index contributed by atoms with van der Waals surface area (Å²) in [5.74, 6) is 0. The number of benzene rings is 1. The molecule has 0 aromatic heterocycles. The molecule has 0 aliphatic rings. The molecule has 1 aromatic carbocycles. The van der Waals surface area contributed by atoms with Gasteiger partial charge < -0.3 is 0 Å². The minimum atomic E-state index is 0.573. The van der Waals surface area contributed by atoms with Crippen molar-refractivity contribution in [2.75, 3.05) is 0 Å². The molecular weight excluding hydrogens is 194 g/mol. The van der Waals surface area contributed by atoms with Crippen LogP contribution in [0.25, 0.3) is 0 Å². The van der Waals surface area contributed by atoms with E-state index in [1.165, 1.54) is 11.1 Å². The summed E-state index contributed by atoms with van der Waals surface area (Å²) in [6.07, 6.45) is 3.09. The molecule has 0 fully saturated rings. The van der Waals surface area contributed by atoms with Gasteiger partial charge in [0.05, 0.1) is 10.6 Å². The molecule has 0 aliphatic heterocycles. The van der Waals surface area contributed by atoms with E-state index in [4.69, 9.17) is 16.9 Å². The molecule has 0 amide bonds. The summed E-state index contributed by atoms with van der Waals surface area (Å²) >= 11 is 5.96. The summed E-state index contributed by atoms with van der Waals surface area (Å²) in [4.78, 5) is 0. The van der Waals surface area contributed by atoms with Crippen LogP contribution in [0.4, 0.5) is 0 Å². The number of nitriles is 1. The molecule has 0 atom stereocenters. The molecule has 1 aromatic rings. The third-order valence-corrected chi connectivity index (χ3v) is 2.62. The molecule has 1 nitrogen and oxygen atoms in total. The number of rotatable bonds is 3. The lowest BCUT2D eigenvalue weighted by molar-refractivity contribution is 0.898. The molecule has 0 unspecified atom stereocenters. The van der Waals surface area contributed by atoms with E-state index in [1.54, 1.807) is 0 Å². The Labute approximate surface area is 90.3 Å². The summed E-state index contributed by atoms with van der Waals surface area (Å²) in [6.45, 7) is 4.25. The minimum Gasteiger partial charge on any atom is -0.192 e. The second-order valence-electron chi connectivity index (χ2n) is 3.32. The van der Waals surface area contributed by atoms with Crippen molar-refractivity contribution in [3.05, 3.63) is 33.8 Å². The largest absolute Gasteiger partial charge is 0.192 e. The van der Waals surface area contributed by atoms with Crippen LogP contribution >= 0.6 is 11.6 Å². The van der Waals surface area contributed by atoms with Crippen molar-refractivity contribution in [1.29, 1.82) is 5.26 Å². The van der Waals surface area contributed by atoms with Crippen molar-refractivity contribution in [2.24, 2.45) is 0 Å². The molecule has 2 heteroatoms. The molecule has 0 saturated heterocycles. The van der Waals surface area contributed by atoms with Crippen LogP contribution in [0.2, 0.25) is 5.02 Å². The molecule has 14 heavy (non-hydrogen) atoms. The first-order valence-corrected chi connectivity index (χ1v) is 5.32. The van der Waals surface area contributed by atoms with E-state index in [0.717, 1.165) is 19.3 Å². The second-order valence-corrected chi connectivity index (χ2v) is 3.72. The lowest BCUT2D eigenvalue weighted by Gasteiger charge is -2.08. The normalized spacial score (nSPS) is 9.86. The van der Waals surface area contributed by atoms with Gasteiger partial charge in [-0.1, -0.05) is 31.9 Å². The topological polar surface area (TPSA) is 23.8 Å². The van der Waals surface area contributed by atoms with Crippen LogP contribution in [-0.4, -0.2) is 0 Å². The summed E-state index contributed by atoms with van der Waals surface area (Å²) in [7, 11) is 0. The van der Waals surface area contributed by atoms with E-state index in [0.29, 0.717) is 10.6 Å². The van der Waals surface area contributed by atoms with Crippen LogP contribution in [0.5, 0.6) is 0 Å². The zero-order valence-electron chi connectivity index (χ0n) is 8.60. The Hall–Kier alpha value is -1.000. The molecule has 0 heterocycles. The standard InChI is InChI=1S/C12H14ClN/c1-3-5-10-6-11(8-14)12(13)7-9(10)4-2/h6-7H,3-5H2,1-2H3. The quantitative estimate of drug-likeness (QED) is 0.741. The fourth-order valence-electron chi connectivity index (χ4n) is 1.58. The van der Waals surface area contributed by atoms with E-state index in [9.17, 15) is 0 Å². The first kappa shape index (κ1) is 11.1. The van der Waals surface area contributed by atoms with Crippen molar-refractivity contribution in [3.8, 4) is 6.07 Å². The van der Waals surface area contributed by atoms with Gasteiger partial charge >= 0.3 is 0 Å². The van der Waals surface area contributed by atoms with E-state index in [2.05, 4.69) is 19.9 Å². The van der Waals surface area contributed by atoms with E-state index in [-0.39, 0.29) is 0 Å². The molecular formula is C12H14ClN. The van der Waals surface area contributed by atoms with E-state index < -0.39 is 0 Å². The van der Waals surface area contributed by atoms with Crippen molar-refractivity contribution in [1.82, 2.24) is 0 Å². The van der Waals surface area contributed by atoms with Gasteiger partial charge in [0.15, 0.2) is 0 Å². The van der Waals surface area contributed by atoms with Gasteiger partial charge in [0.2, 0.25) is 0 Å². The maximum Gasteiger partial charge on any atom is 0.101 e. The number of hydrogen-bond acceptors (Lipinski definition) is 1. The third-order valence-electron chi connectivity index (χ3n) is 2.31. The minimum absolute atomic E-state index is 0.573. The maximum absolute atomic E-state index is 8.84. The Morgan fingerprint density at radius 3 is 2.50 bits per heavy atom. The molecule has 0 bridgehead atoms. The number of hydrogen-bond donors (Lipinski definition) is 0. The highest BCUT2D eigenvalue weighted by atomic mass is 35.5. The summed E-state index contributed by atoms with van der Waals surface area (Å²) < 4.78 is 0. The SMILES string of the molecule is CCCc1cc(C#N)c(Cl)cc1CC. The van der Waals surface area contributed by atoms with Gasteiger partial charge in [-0.25, -0.2) is 0 Å². The maximum atomic E-state index is 8.84. The van der Waals surface area contributed by atoms with E-state index in [1.807, 2.05) is 12.1 Å². The Morgan fingerprint density at radius 1 is 1.29 bits per heavy atom. The fraction of sp³-hybridized carbons (Fsp3) is 0.417. The highest BCUT2D eigenvalue weighted by Crippen LogP contribution is 2.22. The Bertz CT molecular complexity index is 363. The van der Waals surface area contributed by atoms with Gasteiger partial charge in [-0.2, -0.15) is 5.26 Å². The zero-order valence-corrected chi connectivity index (χ0v) is 9.36. The smallest absolute Gasteiger partial charge is 0.101 e. The van der Waals surface area contributed by atoms with Crippen molar-refractivity contribution < 1.29 is 0 Å². The van der Waals surface area contributed by atoms with Crippen molar-refractivity contribution >= 4 is 11.6 Å². The molecule has 0 radical (unpaired) electrons. The lowest BCUT2D eigenvalue weighted by atomic mass is 9.99. The number of aryl methyl sites for hydroxylation is 2. The first-order valence-electron chi connectivity index (χ1n) is 4.94. The van der Waals surface area contributed by atoms with Gasteiger partial charge in [-0.05, 0) is 36.1 Å². The highest BCUT2D eigenvalue weighted by molar-refractivity contribution is 6.31. The van der Waals surface area contributed by atoms with E-state index >= 15 is 0 Å². The second kappa shape index (κ2) is 5.02. The van der Waals surface area contributed by atoms with Gasteiger partial charge in [-0.3, -0.25) is 0 Å². The van der Waals surface area contributed by atoms with Gasteiger partial charge in [-0.15, -0.1) is 0 Å². The Balaban J connectivity index is 3.19. The molecule has 1 rings (SSSR count). The van der Waals surface area contributed by atoms with Crippen LogP contribution in [-0.2, 0) is 12.8 Å². The molecule has 0 N–H and O–H groups in total. The monoisotopic (exact) mass is 207 g/mol. The lowest BCUT2D eigenvalue weighted by Crippen LogP contribution is -1.94. The van der Waals surface area contributed by atoms with Gasteiger partial charge in [0.25, 0.3) is 0 Å². The van der Waals surface area contributed by atoms with Gasteiger partial charge in [0.1, 0.15) is 6.07 Å². The zero-order chi connectivity index (χ0) is 10.6. The molecule has 74 valence electrons. The third kappa shape index (κ3) is 2.27. The van der Waals surface area contributed by atoms with Gasteiger partial charge in [0, 0.05) is 0 Å². The highest BCUT2D eigenvalue weighted by Gasteiger charge is 2.06. The number of nitrogens with zero attached hydrogens (tertiary/aromatic N) is 1. The average molecular weight is 208 g/mol. The van der Waals surface area contributed by atoms with Crippen molar-refractivity contribution in [3.63, 3.8) is 0 Å². The van der Waals surface area contributed by atoms with Crippen molar-refractivity contribution in [2.45, 2.75) is 33.1 Å². The Kier molecular flexibility index (Phi) is 3.98.